The number of hydrogen-bond donors (Lipinski definition) is 2. The lowest BCUT2D eigenvalue weighted by molar-refractivity contribution is -0.135. The van der Waals surface area contributed by atoms with Gasteiger partial charge in [-0.25, -0.2) is 0 Å². The van der Waals surface area contributed by atoms with E-state index in [0.717, 1.165) is 10.5 Å². The van der Waals surface area contributed by atoms with E-state index in [4.69, 9.17) is 0 Å². The molecule has 8 heteroatoms. The molecule has 1 aromatic heterocycles. The zero-order valence-electron chi connectivity index (χ0n) is 18.0. The molecule has 0 saturated carbocycles. The van der Waals surface area contributed by atoms with Crippen molar-refractivity contribution in [1.82, 2.24) is 15.5 Å². The van der Waals surface area contributed by atoms with E-state index in [2.05, 4.69) is 15.6 Å². The molecule has 2 unspecified atom stereocenters. The van der Waals surface area contributed by atoms with Crippen LogP contribution in [0.3, 0.4) is 0 Å². The van der Waals surface area contributed by atoms with E-state index in [-0.39, 0.29) is 36.1 Å². The van der Waals surface area contributed by atoms with E-state index in [1.54, 1.807) is 24.1 Å². The Labute approximate surface area is 180 Å². The fraction of sp³-hybridized carbons (Fsp3) is 0.455. The maximum absolute atomic E-state index is 13.4. The number of fused-ring (bicyclic) bond motifs is 1. The predicted molar refractivity (Wildman–Crippen MR) is 118 cm³/mol. The second-order valence-electron chi connectivity index (χ2n) is 8.93. The molecule has 3 heterocycles. The highest BCUT2D eigenvalue weighted by Crippen LogP contribution is 2.31. The minimum absolute atomic E-state index is 0.0368. The first-order chi connectivity index (χ1) is 14.0. The van der Waals surface area contributed by atoms with E-state index in [1.807, 2.05) is 51.3 Å². The van der Waals surface area contributed by atoms with Gasteiger partial charge in [-0.15, -0.1) is 11.3 Å². The summed E-state index contributed by atoms with van der Waals surface area (Å²) in [6.07, 6.45) is 5.53. The highest BCUT2D eigenvalue weighted by Gasteiger charge is 2.46. The van der Waals surface area contributed by atoms with Gasteiger partial charge in [0.25, 0.3) is 5.91 Å². The minimum Gasteiger partial charge on any atom is -0.351 e. The number of amides is 3. The molecule has 2 N–H and O–H groups in total. The number of nitrogens with zero attached hydrogens (tertiary/aromatic N) is 2. The zero-order chi connectivity index (χ0) is 22.1. The lowest BCUT2D eigenvalue weighted by Crippen LogP contribution is -2.60. The van der Waals surface area contributed by atoms with Crippen LogP contribution in [-0.4, -0.2) is 39.5 Å². The van der Waals surface area contributed by atoms with Gasteiger partial charge in [0.15, 0.2) is 0 Å². The van der Waals surface area contributed by atoms with Crippen LogP contribution in [0, 0.1) is 0 Å². The van der Waals surface area contributed by atoms with Gasteiger partial charge in [0.05, 0.1) is 18.9 Å². The third-order valence-electron chi connectivity index (χ3n) is 4.94. The molecule has 0 saturated heterocycles. The largest absolute Gasteiger partial charge is 0.351 e. The molecule has 0 bridgehead atoms. The van der Waals surface area contributed by atoms with E-state index in [0.29, 0.717) is 5.84 Å². The number of hydrogen-bond acceptors (Lipinski definition) is 5. The van der Waals surface area contributed by atoms with Crippen molar-refractivity contribution in [2.45, 2.75) is 64.6 Å². The highest BCUT2D eigenvalue weighted by atomic mass is 32.1. The van der Waals surface area contributed by atoms with Crippen molar-refractivity contribution in [3.8, 4) is 0 Å². The molecule has 3 rings (SSSR count). The Morgan fingerprint density at radius 1 is 1.37 bits per heavy atom. The molecule has 0 aliphatic carbocycles. The molecule has 30 heavy (non-hydrogen) atoms. The monoisotopic (exact) mass is 428 g/mol. The first kappa shape index (κ1) is 22.0. The molecular formula is C22H28N4O3S. The molecule has 1 aromatic rings. The van der Waals surface area contributed by atoms with Crippen LogP contribution in [0.4, 0.5) is 0 Å². The smallest absolute Gasteiger partial charge is 0.250 e. The molecule has 2 aliphatic heterocycles. The van der Waals surface area contributed by atoms with Crippen LogP contribution < -0.4 is 10.6 Å². The predicted octanol–water partition coefficient (Wildman–Crippen LogP) is 3.07. The van der Waals surface area contributed by atoms with Gasteiger partial charge >= 0.3 is 0 Å². The van der Waals surface area contributed by atoms with Gasteiger partial charge in [-0.3, -0.25) is 14.4 Å². The second kappa shape index (κ2) is 8.18. The lowest BCUT2D eigenvalue weighted by Gasteiger charge is -2.42. The third-order valence-corrected chi connectivity index (χ3v) is 5.93. The molecule has 160 valence electrons. The number of aliphatic imine (C=N–C) groups is 1. The molecule has 7 nitrogen and oxygen atoms in total. The number of amidine groups is 1. The summed E-state index contributed by atoms with van der Waals surface area (Å²) in [6, 6.07) is 3.30. The first-order valence-corrected chi connectivity index (χ1v) is 10.8. The topological polar surface area (TPSA) is 90.9 Å². The first-order valence-electron chi connectivity index (χ1n) is 9.91. The summed E-state index contributed by atoms with van der Waals surface area (Å²) in [4.78, 5) is 45.0. The van der Waals surface area contributed by atoms with Crippen LogP contribution in [-0.2, 0) is 14.4 Å². The van der Waals surface area contributed by atoms with Crippen LogP contribution >= 0.6 is 11.3 Å². The maximum Gasteiger partial charge on any atom is 0.250 e. The summed E-state index contributed by atoms with van der Waals surface area (Å²) in [5, 5.41) is 7.87. The molecule has 2 atom stereocenters. The Bertz CT molecular complexity index is 940. The van der Waals surface area contributed by atoms with E-state index in [1.165, 1.54) is 11.3 Å². The summed E-state index contributed by atoms with van der Waals surface area (Å²) in [5.74, 6) is -0.342. The van der Waals surface area contributed by atoms with E-state index < -0.39 is 11.6 Å². The lowest BCUT2D eigenvalue weighted by atomic mass is 9.90. The molecule has 0 aromatic carbocycles. The van der Waals surface area contributed by atoms with Gasteiger partial charge in [0.1, 0.15) is 11.4 Å². The highest BCUT2D eigenvalue weighted by molar-refractivity contribution is 7.10. The quantitative estimate of drug-likeness (QED) is 0.754. The van der Waals surface area contributed by atoms with Gasteiger partial charge in [-0.05, 0) is 63.8 Å². The van der Waals surface area contributed by atoms with Crippen molar-refractivity contribution < 1.29 is 14.4 Å². The SMILES string of the molecule is CC1=CC2=NC(=O)CC(C)(C(=O)NC(CC(=O)NC(C)(C)C)c3cccs3)N2C=C1. The number of nitrogens with one attached hydrogen (secondary N) is 2. The van der Waals surface area contributed by atoms with E-state index in [9.17, 15) is 14.4 Å². The Hall–Kier alpha value is -2.74. The average molecular weight is 429 g/mol. The van der Waals surface area contributed by atoms with E-state index >= 15 is 0 Å². The summed E-state index contributed by atoms with van der Waals surface area (Å²) < 4.78 is 0. The number of allylic oxidation sites excluding steroid dienone is 2. The third kappa shape index (κ3) is 4.87. The van der Waals surface area contributed by atoms with Crippen molar-refractivity contribution >= 4 is 34.9 Å². The van der Waals surface area contributed by atoms with Crippen LogP contribution in [0.25, 0.3) is 0 Å². The fourth-order valence-electron chi connectivity index (χ4n) is 3.51. The normalized spacial score (nSPS) is 22.0. The van der Waals surface area contributed by atoms with Gasteiger partial charge in [0, 0.05) is 16.6 Å². The minimum atomic E-state index is -1.13. The Morgan fingerprint density at radius 2 is 2.10 bits per heavy atom. The van der Waals surface area contributed by atoms with Crippen LogP contribution in [0.5, 0.6) is 0 Å². The summed E-state index contributed by atoms with van der Waals surface area (Å²) in [7, 11) is 0. The van der Waals surface area contributed by atoms with Crippen molar-refractivity contribution in [3.05, 3.63) is 46.3 Å². The summed E-state index contributed by atoms with van der Waals surface area (Å²) in [5.41, 5.74) is -0.535. The zero-order valence-corrected chi connectivity index (χ0v) is 18.8. The molecule has 0 spiro atoms. The Kier molecular flexibility index (Phi) is 5.99. The van der Waals surface area contributed by atoms with Crippen molar-refractivity contribution in [3.63, 3.8) is 0 Å². The number of carbonyl (C=O) groups is 3. The summed E-state index contributed by atoms with van der Waals surface area (Å²) in [6.45, 7) is 9.38. The van der Waals surface area contributed by atoms with Crippen LogP contribution in [0.1, 0.15) is 58.4 Å². The molecule has 2 aliphatic rings. The number of rotatable bonds is 5. The van der Waals surface area contributed by atoms with Crippen LogP contribution in [0.15, 0.2) is 46.4 Å². The van der Waals surface area contributed by atoms with Gasteiger partial charge in [0.2, 0.25) is 11.8 Å². The fourth-order valence-corrected chi connectivity index (χ4v) is 4.29. The Balaban J connectivity index is 1.83. The molecule has 0 fully saturated rings. The number of carbonyl (C=O) groups excluding carboxylic acids is 3. The van der Waals surface area contributed by atoms with Crippen LogP contribution in [0.2, 0.25) is 0 Å². The standard InChI is InChI=1S/C22H28N4O3S/c1-14-8-9-26-17(11-14)24-19(28)13-22(26,5)20(29)23-15(16-7-6-10-30-16)12-18(27)25-21(2,3)4/h6-11,15H,12-13H2,1-5H3,(H,23,29)(H,25,27). The molecule has 3 amide bonds. The Morgan fingerprint density at radius 3 is 2.73 bits per heavy atom. The van der Waals surface area contributed by atoms with Crippen molar-refractivity contribution in [2.24, 2.45) is 4.99 Å². The average Bonchev–Trinajstić information content (AvgIpc) is 3.13. The van der Waals surface area contributed by atoms with Crippen molar-refractivity contribution in [2.75, 3.05) is 0 Å². The van der Waals surface area contributed by atoms with Gasteiger partial charge in [-0.2, -0.15) is 4.99 Å². The molecule has 0 radical (unpaired) electrons. The van der Waals surface area contributed by atoms with Gasteiger partial charge in [-0.1, -0.05) is 6.07 Å². The molecular weight excluding hydrogens is 400 g/mol. The summed E-state index contributed by atoms with van der Waals surface area (Å²) >= 11 is 1.48. The number of thiophene rings is 1. The van der Waals surface area contributed by atoms with Crippen molar-refractivity contribution in [1.29, 1.82) is 0 Å². The van der Waals surface area contributed by atoms with Gasteiger partial charge < -0.3 is 15.5 Å². The second-order valence-corrected chi connectivity index (χ2v) is 9.91. The maximum atomic E-state index is 13.4.